The van der Waals surface area contributed by atoms with E-state index in [0.29, 0.717) is 30.1 Å². The first-order chi connectivity index (χ1) is 11.1. The van der Waals surface area contributed by atoms with Crippen LogP contribution in [0.25, 0.3) is 11.0 Å². The van der Waals surface area contributed by atoms with Gasteiger partial charge in [0.25, 0.3) is 0 Å². The van der Waals surface area contributed by atoms with Gasteiger partial charge >= 0.3 is 0 Å². The fraction of sp³-hybridized carbons (Fsp3) is 0.500. The van der Waals surface area contributed by atoms with Gasteiger partial charge < -0.3 is 14.6 Å². The molecule has 2 atom stereocenters. The zero-order chi connectivity index (χ0) is 16.0. The zero-order valence-corrected chi connectivity index (χ0v) is 14.4. The first kappa shape index (κ1) is 17.2. The number of amides is 1. The number of carbonyl (C=O) groups is 1. The Balaban J connectivity index is 0.00000169. The third-order valence-corrected chi connectivity index (χ3v) is 5.35. The predicted octanol–water partition coefficient (Wildman–Crippen LogP) is 3.28. The number of hydrogen-bond acceptors (Lipinski definition) is 3. The molecule has 2 aliphatic rings. The van der Waals surface area contributed by atoms with Crippen LogP contribution >= 0.6 is 12.4 Å². The van der Waals surface area contributed by atoms with Crippen molar-refractivity contribution in [1.29, 1.82) is 0 Å². The van der Waals surface area contributed by atoms with Gasteiger partial charge in [-0.25, -0.2) is 4.39 Å². The van der Waals surface area contributed by atoms with E-state index in [2.05, 4.69) is 5.32 Å². The van der Waals surface area contributed by atoms with E-state index in [1.54, 1.807) is 12.3 Å². The van der Waals surface area contributed by atoms with Crippen LogP contribution in [0.2, 0.25) is 0 Å². The quantitative estimate of drug-likeness (QED) is 0.922. The zero-order valence-electron chi connectivity index (χ0n) is 13.6. The smallest absolute Gasteiger partial charge is 0.227 e. The number of likely N-dealkylation sites (N-methyl/N-ethyl adjacent to an activating group) is 1. The van der Waals surface area contributed by atoms with Crippen molar-refractivity contribution < 1.29 is 13.6 Å². The number of furan rings is 1. The normalized spacial score (nSPS) is 25.5. The maximum absolute atomic E-state index is 13.2. The molecular weight excluding hydrogens is 331 g/mol. The highest BCUT2D eigenvalue weighted by Crippen LogP contribution is 2.30. The van der Waals surface area contributed by atoms with Gasteiger partial charge in [-0.3, -0.25) is 4.79 Å². The van der Waals surface area contributed by atoms with Crippen molar-refractivity contribution in [1.82, 2.24) is 10.2 Å². The Hall–Kier alpha value is -1.59. The summed E-state index contributed by atoms with van der Waals surface area (Å²) in [5.41, 5.74) is 1.32. The summed E-state index contributed by atoms with van der Waals surface area (Å²) in [5, 5.41) is 4.42. The molecule has 6 heteroatoms. The van der Waals surface area contributed by atoms with Crippen molar-refractivity contribution in [2.24, 2.45) is 0 Å². The molecule has 24 heavy (non-hydrogen) atoms. The lowest BCUT2D eigenvalue weighted by atomic mass is 9.98. The third-order valence-electron chi connectivity index (χ3n) is 5.35. The van der Waals surface area contributed by atoms with E-state index in [9.17, 15) is 9.18 Å². The molecule has 0 radical (unpaired) electrons. The molecule has 2 saturated heterocycles. The van der Waals surface area contributed by atoms with Crippen molar-refractivity contribution >= 4 is 29.3 Å². The van der Waals surface area contributed by atoms with Gasteiger partial charge in [0.1, 0.15) is 11.4 Å². The molecular formula is C18H22ClFN2O2. The maximum Gasteiger partial charge on any atom is 0.227 e. The molecule has 0 spiro atoms. The SMILES string of the molecule is CN(C(=O)Cc1coc2cc(F)ccc12)C1CC2CCC(C1)N2.Cl. The molecule has 0 saturated carbocycles. The lowest BCUT2D eigenvalue weighted by Crippen LogP contribution is -2.49. The number of benzene rings is 1. The summed E-state index contributed by atoms with van der Waals surface area (Å²) in [5.74, 6) is -0.227. The van der Waals surface area contributed by atoms with E-state index in [4.69, 9.17) is 4.42 Å². The fourth-order valence-electron chi connectivity index (χ4n) is 4.03. The molecule has 1 aromatic heterocycles. The number of hydrogen-bond donors (Lipinski definition) is 1. The lowest BCUT2D eigenvalue weighted by Gasteiger charge is -2.35. The second-order valence-electron chi connectivity index (χ2n) is 6.85. The highest BCUT2D eigenvalue weighted by molar-refractivity contribution is 5.87. The highest BCUT2D eigenvalue weighted by atomic mass is 35.5. The van der Waals surface area contributed by atoms with Crippen molar-refractivity contribution in [2.45, 2.75) is 50.2 Å². The summed E-state index contributed by atoms with van der Waals surface area (Å²) in [6.07, 6.45) is 6.39. The first-order valence-corrected chi connectivity index (χ1v) is 8.27. The predicted molar refractivity (Wildman–Crippen MR) is 92.9 cm³/mol. The molecule has 130 valence electrons. The van der Waals surface area contributed by atoms with Crippen LogP contribution in [-0.2, 0) is 11.2 Å². The van der Waals surface area contributed by atoms with Crippen LogP contribution in [0.4, 0.5) is 4.39 Å². The Labute approximate surface area is 146 Å². The molecule has 1 amide bonds. The lowest BCUT2D eigenvalue weighted by molar-refractivity contribution is -0.131. The van der Waals surface area contributed by atoms with Crippen LogP contribution in [0.3, 0.4) is 0 Å². The maximum atomic E-state index is 13.2. The Morgan fingerprint density at radius 1 is 1.33 bits per heavy atom. The summed E-state index contributed by atoms with van der Waals surface area (Å²) in [7, 11) is 1.90. The largest absolute Gasteiger partial charge is 0.464 e. The Kier molecular flexibility index (Phi) is 4.83. The highest BCUT2D eigenvalue weighted by Gasteiger charge is 2.36. The first-order valence-electron chi connectivity index (χ1n) is 8.27. The van der Waals surface area contributed by atoms with Crippen molar-refractivity contribution in [3.8, 4) is 0 Å². The number of nitrogens with one attached hydrogen (secondary N) is 1. The number of rotatable bonds is 3. The molecule has 3 heterocycles. The molecule has 1 aromatic carbocycles. The molecule has 2 unspecified atom stereocenters. The van der Waals surface area contributed by atoms with E-state index < -0.39 is 0 Å². The average molecular weight is 353 g/mol. The van der Waals surface area contributed by atoms with Crippen LogP contribution in [0.5, 0.6) is 0 Å². The second-order valence-corrected chi connectivity index (χ2v) is 6.85. The summed E-state index contributed by atoms with van der Waals surface area (Å²) >= 11 is 0. The van der Waals surface area contributed by atoms with Crippen LogP contribution in [-0.4, -0.2) is 36.0 Å². The standard InChI is InChI=1S/C18H21FN2O2.ClH/c1-21(15-8-13-3-4-14(9-15)20-13)18(22)6-11-10-23-17-7-12(19)2-5-16(11)17;/h2,5,7,10,13-15,20H,3-4,6,8-9H2,1H3;1H. The minimum Gasteiger partial charge on any atom is -0.464 e. The van der Waals surface area contributed by atoms with Crippen LogP contribution in [0.15, 0.2) is 28.9 Å². The van der Waals surface area contributed by atoms with E-state index in [1.165, 1.54) is 25.0 Å². The second kappa shape index (κ2) is 6.73. The summed E-state index contributed by atoms with van der Waals surface area (Å²) in [6, 6.07) is 5.88. The minimum atomic E-state index is -0.327. The van der Waals surface area contributed by atoms with E-state index in [0.717, 1.165) is 23.8 Å². The summed E-state index contributed by atoms with van der Waals surface area (Å²) in [4.78, 5) is 14.5. The minimum absolute atomic E-state index is 0. The number of carbonyl (C=O) groups excluding carboxylic acids is 1. The number of halogens is 2. The van der Waals surface area contributed by atoms with Gasteiger partial charge in [0, 0.05) is 42.2 Å². The number of nitrogens with zero attached hydrogens (tertiary/aromatic N) is 1. The van der Waals surface area contributed by atoms with Gasteiger partial charge in [0.05, 0.1) is 12.7 Å². The molecule has 0 aliphatic carbocycles. The molecule has 4 rings (SSSR count). The third kappa shape index (κ3) is 3.15. The number of piperidine rings is 1. The summed E-state index contributed by atoms with van der Waals surface area (Å²) in [6.45, 7) is 0. The van der Waals surface area contributed by atoms with Gasteiger partial charge in [-0.15, -0.1) is 12.4 Å². The Bertz CT molecular complexity index is 736. The molecule has 2 bridgehead atoms. The molecule has 2 fully saturated rings. The van der Waals surface area contributed by atoms with Gasteiger partial charge in [-0.2, -0.15) is 0 Å². The molecule has 4 nitrogen and oxygen atoms in total. The average Bonchev–Trinajstić information content (AvgIpc) is 3.09. The van der Waals surface area contributed by atoms with Gasteiger partial charge in [0.15, 0.2) is 0 Å². The molecule has 2 aromatic rings. The number of fused-ring (bicyclic) bond motifs is 3. The summed E-state index contributed by atoms with van der Waals surface area (Å²) < 4.78 is 18.6. The van der Waals surface area contributed by atoms with Gasteiger partial charge in [-0.05, 0) is 37.8 Å². The van der Waals surface area contributed by atoms with Crippen LogP contribution < -0.4 is 5.32 Å². The monoisotopic (exact) mass is 352 g/mol. The fourth-order valence-corrected chi connectivity index (χ4v) is 4.03. The Morgan fingerprint density at radius 2 is 2.04 bits per heavy atom. The topological polar surface area (TPSA) is 45.5 Å². The van der Waals surface area contributed by atoms with E-state index >= 15 is 0 Å². The molecule has 2 aliphatic heterocycles. The Morgan fingerprint density at radius 3 is 2.75 bits per heavy atom. The van der Waals surface area contributed by atoms with Gasteiger partial charge in [0.2, 0.25) is 5.91 Å². The van der Waals surface area contributed by atoms with Crippen LogP contribution in [0.1, 0.15) is 31.2 Å². The van der Waals surface area contributed by atoms with Crippen molar-refractivity contribution in [3.05, 3.63) is 35.8 Å². The molecule has 1 N–H and O–H groups in total. The van der Waals surface area contributed by atoms with Gasteiger partial charge in [-0.1, -0.05) is 0 Å². The van der Waals surface area contributed by atoms with Crippen molar-refractivity contribution in [2.75, 3.05) is 7.05 Å². The van der Waals surface area contributed by atoms with Crippen molar-refractivity contribution in [3.63, 3.8) is 0 Å². The van der Waals surface area contributed by atoms with Crippen LogP contribution in [0, 0.1) is 5.82 Å². The van der Waals surface area contributed by atoms with E-state index in [-0.39, 0.29) is 24.1 Å². The van der Waals surface area contributed by atoms with E-state index in [1.807, 2.05) is 11.9 Å².